The van der Waals surface area contributed by atoms with E-state index in [1.807, 2.05) is 0 Å². The van der Waals surface area contributed by atoms with Crippen molar-refractivity contribution >= 4 is 0 Å². The maximum absolute atomic E-state index is 13.0. The fraction of sp³-hybridized carbons (Fsp3) is 0.200. The number of rotatable bonds is 2. The second-order valence-electron chi connectivity index (χ2n) is 3.29. The lowest BCUT2D eigenvalue weighted by atomic mass is 10.3. The predicted octanol–water partition coefficient (Wildman–Crippen LogP) is 1.35. The van der Waals surface area contributed by atoms with Gasteiger partial charge in [0.1, 0.15) is 5.69 Å². The van der Waals surface area contributed by atoms with E-state index in [9.17, 15) is 8.78 Å². The molecule has 16 heavy (non-hydrogen) atoms. The maximum atomic E-state index is 13.0. The first-order chi connectivity index (χ1) is 7.63. The fourth-order valence-corrected chi connectivity index (χ4v) is 1.37. The summed E-state index contributed by atoms with van der Waals surface area (Å²) >= 11 is 0. The summed E-state index contributed by atoms with van der Waals surface area (Å²) in [6, 6.07) is 3.43. The van der Waals surface area contributed by atoms with E-state index in [0.29, 0.717) is 17.1 Å². The van der Waals surface area contributed by atoms with Gasteiger partial charge in [-0.15, -0.1) is 5.10 Å². The van der Waals surface area contributed by atoms with Crippen molar-refractivity contribution in [3.8, 4) is 5.69 Å². The van der Waals surface area contributed by atoms with Gasteiger partial charge in [-0.3, -0.25) is 0 Å². The van der Waals surface area contributed by atoms with Crippen LogP contribution in [-0.4, -0.2) is 20.1 Å². The lowest BCUT2D eigenvalue weighted by molar-refractivity contribution is 0.276. The zero-order chi connectivity index (χ0) is 11.7. The van der Waals surface area contributed by atoms with Gasteiger partial charge in [0.15, 0.2) is 11.6 Å². The highest BCUT2D eigenvalue weighted by Crippen LogP contribution is 2.15. The Hall–Kier alpha value is -1.82. The number of halogens is 2. The number of hydrogen-bond acceptors (Lipinski definition) is 3. The Kier molecular flexibility index (Phi) is 2.66. The molecule has 4 nitrogen and oxygen atoms in total. The van der Waals surface area contributed by atoms with Crippen LogP contribution in [0.3, 0.4) is 0 Å². The molecule has 2 rings (SSSR count). The number of benzene rings is 1. The van der Waals surface area contributed by atoms with Gasteiger partial charge in [0.2, 0.25) is 0 Å². The summed E-state index contributed by atoms with van der Waals surface area (Å²) in [4.78, 5) is 0. The summed E-state index contributed by atoms with van der Waals surface area (Å²) in [5.74, 6) is -1.86. The molecular formula is C10H9F2N3O. The van der Waals surface area contributed by atoms with Crippen molar-refractivity contribution in [1.82, 2.24) is 15.0 Å². The molecule has 0 saturated heterocycles. The largest absolute Gasteiger partial charge is 0.390 e. The SMILES string of the molecule is Cc1c(CO)nnn1-c1ccc(F)c(F)c1. The summed E-state index contributed by atoms with van der Waals surface area (Å²) in [6.07, 6.45) is 0. The van der Waals surface area contributed by atoms with Gasteiger partial charge >= 0.3 is 0 Å². The van der Waals surface area contributed by atoms with Gasteiger partial charge in [-0.05, 0) is 19.1 Å². The molecule has 0 fully saturated rings. The van der Waals surface area contributed by atoms with Crippen LogP contribution in [0.1, 0.15) is 11.4 Å². The van der Waals surface area contributed by atoms with E-state index in [1.54, 1.807) is 6.92 Å². The van der Waals surface area contributed by atoms with Crippen molar-refractivity contribution in [2.45, 2.75) is 13.5 Å². The van der Waals surface area contributed by atoms with Crippen LogP contribution >= 0.6 is 0 Å². The van der Waals surface area contributed by atoms with E-state index in [0.717, 1.165) is 12.1 Å². The Bertz CT molecular complexity index is 525. The highest BCUT2D eigenvalue weighted by Gasteiger charge is 2.10. The second-order valence-corrected chi connectivity index (χ2v) is 3.29. The molecule has 1 heterocycles. The topological polar surface area (TPSA) is 50.9 Å². The summed E-state index contributed by atoms with van der Waals surface area (Å²) in [5, 5.41) is 16.4. The van der Waals surface area contributed by atoms with Crippen molar-refractivity contribution in [2.75, 3.05) is 0 Å². The van der Waals surface area contributed by atoms with Crippen molar-refractivity contribution in [2.24, 2.45) is 0 Å². The van der Waals surface area contributed by atoms with E-state index in [2.05, 4.69) is 10.3 Å². The van der Waals surface area contributed by atoms with Crippen LogP contribution in [0, 0.1) is 18.6 Å². The lowest BCUT2D eigenvalue weighted by Gasteiger charge is -2.03. The summed E-state index contributed by atoms with van der Waals surface area (Å²) in [5.41, 5.74) is 1.36. The number of aliphatic hydroxyl groups is 1. The lowest BCUT2D eigenvalue weighted by Crippen LogP contribution is -2.01. The van der Waals surface area contributed by atoms with Gasteiger partial charge in [-0.1, -0.05) is 5.21 Å². The van der Waals surface area contributed by atoms with Gasteiger partial charge in [0, 0.05) is 6.07 Å². The Labute approximate surface area is 90.1 Å². The predicted molar refractivity (Wildman–Crippen MR) is 51.9 cm³/mol. The first-order valence-electron chi connectivity index (χ1n) is 4.61. The molecule has 0 aliphatic carbocycles. The van der Waals surface area contributed by atoms with Crippen molar-refractivity contribution in [3.63, 3.8) is 0 Å². The van der Waals surface area contributed by atoms with Crippen molar-refractivity contribution < 1.29 is 13.9 Å². The number of nitrogens with zero attached hydrogens (tertiary/aromatic N) is 3. The standard InChI is InChI=1S/C10H9F2N3O/c1-6-10(5-16)13-14-15(6)7-2-3-8(11)9(12)4-7/h2-4,16H,5H2,1H3. The van der Waals surface area contributed by atoms with Crippen LogP contribution in [0.2, 0.25) is 0 Å². The Balaban J connectivity index is 2.50. The zero-order valence-corrected chi connectivity index (χ0v) is 8.48. The minimum Gasteiger partial charge on any atom is -0.390 e. The third-order valence-corrected chi connectivity index (χ3v) is 2.29. The normalized spacial score (nSPS) is 10.8. The molecule has 2 aromatic rings. The highest BCUT2D eigenvalue weighted by atomic mass is 19.2. The van der Waals surface area contributed by atoms with Crippen molar-refractivity contribution in [3.05, 3.63) is 41.2 Å². The molecule has 0 amide bonds. The van der Waals surface area contributed by atoms with E-state index in [4.69, 9.17) is 5.11 Å². The van der Waals surface area contributed by atoms with E-state index < -0.39 is 11.6 Å². The maximum Gasteiger partial charge on any atom is 0.160 e. The monoisotopic (exact) mass is 225 g/mol. The molecule has 0 bridgehead atoms. The molecule has 0 saturated carbocycles. The van der Waals surface area contributed by atoms with Gasteiger partial charge in [0.25, 0.3) is 0 Å². The molecule has 0 atom stereocenters. The summed E-state index contributed by atoms with van der Waals surface area (Å²) in [6.45, 7) is 1.45. The van der Waals surface area contributed by atoms with Crippen molar-refractivity contribution in [1.29, 1.82) is 0 Å². The third kappa shape index (κ3) is 1.67. The van der Waals surface area contributed by atoms with Gasteiger partial charge in [-0.2, -0.15) is 0 Å². The average Bonchev–Trinajstić information content (AvgIpc) is 2.64. The quantitative estimate of drug-likeness (QED) is 0.839. The molecule has 1 aromatic carbocycles. The first kappa shape index (κ1) is 10.7. The van der Waals surface area contributed by atoms with Crippen LogP contribution in [0.15, 0.2) is 18.2 Å². The van der Waals surface area contributed by atoms with Crippen LogP contribution in [0.4, 0.5) is 8.78 Å². The third-order valence-electron chi connectivity index (χ3n) is 2.29. The molecule has 0 aliphatic rings. The molecule has 6 heteroatoms. The number of aliphatic hydroxyl groups excluding tert-OH is 1. The van der Waals surface area contributed by atoms with Gasteiger partial charge in [0.05, 0.1) is 18.0 Å². The number of aromatic nitrogens is 3. The number of hydrogen-bond donors (Lipinski definition) is 1. The Morgan fingerprint density at radius 2 is 2.06 bits per heavy atom. The average molecular weight is 225 g/mol. The minimum absolute atomic E-state index is 0.241. The first-order valence-corrected chi connectivity index (χ1v) is 4.61. The zero-order valence-electron chi connectivity index (χ0n) is 8.48. The van der Waals surface area contributed by atoms with Crippen LogP contribution in [-0.2, 0) is 6.61 Å². The molecule has 1 N–H and O–H groups in total. The second kappa shape index (κ2) is 3.97. The van der Waals surface area contributed by atoms with Gasteiger partial charge in [-0.25, -0.2) is 13.5 Å². The molecule has 0 radical (unpaired) electrons. The fourth-order valence-electron chi connectivity index (χ4n) is 1.37. The van der Waals surface area contributed by atoms with Crippen LogP contribution < -0.4 is 0 Å². The van der Waals surface area contributed by atoms with E-state index in [1.165, 1.54) is 10.7 Å². The summed E-state index contributed by atoms with van der Waals surface area (Å²) < 4.78 is 27.1. The van der Waals surface area contributed by atoms with E-state index >= 15 is 0 Å². The van der Waals surface area contributed by atoms with Crippen LogP contribution in [0.5, 0.6) is 0 Å². The smallest absolute Gasteiger partial charge is 0.160 e. The summed E-state index contributed by atoms with van der Waals surface area (Å²) in [7, 11) is 0. The molecule has 0 spiro atoms. The minimum atomic E-state index is -0.946. The van der Waals surface area contributed by atoms with Gasteiger partial charge < -0.3 is 5.11 Å². The molecule has 0 unspecified atom stereocenters. The highest BCUT2D eigenvalue weighted by molar-refractivity contribution is 5.33. The van der Waals surface area contributed by atoms with Crippen LogP contribution in [0.25, 0.3) is 5.69 Å². The Morgan fingerprint density at radius 1 is 1.31 bits per heavy atom. The van der Waals surface area contributed by atoms with E-state index in [-0.39, 0.29) is 6.61 Å². The molecule has 1 aromatic heterocycles. The molecule has 0 aliphatic heterocycles. The molecular weight excluding hydrogens is 216 g/mol. The Morgan fingerprint density at radius 3 is 2.62 bits per heavy atom. The molecule has 84 valence electrons.